The van der Waals surface area contributed by atoms with Crippen molar-refractivity contribution in [2.75, 3.05) is 0 Å². The standard InChI is InChI=1S/C9H7BF3O/c11-9(12,13)8-3-1-7(2-4-8)5-6-10-14/h1-6,14H/b6-5+. The fraction of sp³-hybridized carbons (Fsp3) is 0.111. The monoisotopic (exact) mass is 199 g/mol. The molecule has 0 bridgehead atoms. The smallest absolute Gasteiger partial charge is 0.416 e. The second kappa shape index (κ2) is 4.33. The van der Waals surface area contributed by atoms with Gasteiger partial charge in [0.25, 0.3) is 0 Å². The fourth-order valence-corrected chi connectivity index (χ4v) is 0.937. The summed E-state index contributed by atoms with van der Waals surface area (Å²) in [4.78, 5) is 0. The van der Waals surface area contributed by atoms with Crippen LogP contribution < -0.4 is 0 Å². The first-order chi connectivity index (χ1) is 6.54. The quantitative estimate of drug-likeness (QED) is 0.724. The molecule has 1 aromatic carbocycles. The van der Waals surface area contributed by atoms with E-state index in [2.05, 4.69) is 0 Å². The molecule has 0 aliphatic carbocycles. The van der Waals surface area contributed by atoms with E-state index in [1.54, 1.807) is 0 Å². The highest BCUT2D eigenvalue weighted by Crippen LogP contribution is 2.29. The van der Waals surface area contributed by atoms with E-state index < -0.39 is 11.7 Å². The highest BCUT2D eigenvalue weighted by Gasteiger charge is 2.29. The van der Waals surface area contributed by atoms with E-state index in [1.807, 2.05) is 0 Å². The van der Waals surface area contributed by atoms with Gasteiger partial charge in [-0.3, -0.25) is 0 Å². The zero-order valence-electron chi connectivity index (χ0n) is 7.12. The normalized spacial score (nSPS) is 12.0. The van der Waals surface area contributed by atoms with E-state index in [0.29, 0.717) is 5.56 Å². The summed E-state index contributed by atoms with van der Waals surface area (Å²) in [5.74, 6) is 1.34. The Bertz CT molecular complexity index is 316. The molecule has 1 nitrogen and oxygen atoms in total. The van der Waals surface area contributed by atoms with Crippen molar-refractivity contribution in [2.24, 2.45) is 0 Å². The van der Waals surface area contributed by atoms with Gasteiger partial charge in [-0.05, 0) is 17.7 Å². The van der Waals surface area contributed by atoms with Gasteiger partial charge in [0, 0.05) is 0 Å². The van der Waals surface area contributed by atoms with Crippen LogP contribution in [-0.4, -0.2) is 12.5 Å². The maximum atomic E-state index is 12.1. The molecule has 0 heterocycles. The molecule has 0 aliphatic rings. The van der Waals surface area contributed by atoms with Gasteiger partial charge in [-0.1, -0.05) is 24.2 Å². The van der Waals surface area contributed by atoms with Gasteiger partial charge in [-0.25, -0.2) is 0 Å². The van der Waals surface area contributed by atoms with Crippen LogP contribution in [0.5, 0.6) is 0 Å². The van der Waals surface area contributed by atoms with Crippen molar-refractivity contribution >= 4 is 13.6 Å². The number of rotatable bonds is 2. The van der Waals surface area contributed by atoms with Crippen molar-refractivity contribution in [3.8, 4) is 0 Å². The minimum absolute atomic E-state index is 0.600. The summed E-state index contributed by atoms with van der Waals surface area (Å²) in [6.45, 7) is 0. The molecule has 0 saturated heterocycles. The van der Waals surface area contributed by atoms with Crippen LogP contribution in [0.3, 0.4) is 0 Å². The summed E-state index contributed by atoms with van der Waals surface area (Å²) in [5, 5.41) is 8.32. The van der Waals surface area contributed by atoms with Crippen LogP contribution in [0.4, 0.5) is 13.2 Å². The third kappa shape index (κ3) is 2.92. The SMILES string of the molecule is O[B]/C=C/c1ccc(C(F)(F)F)cc1. The molecular formula is C9H7BF3O. The van der Waals surface area contributed by atoms with Gasteiger partial charge in [0.1, 0.15) is 0 Å². The lowest BCUT2D eigenvalue weighted by Crippen LogP contribution is -2.03. The maximum absolute atomic E-state index is 12.1. The van der Waals surface area contributed by atoms with E-state index in [1.165, 1.54) is 24.2 Å². The second-order valence-electron chi connectivity index (χ2n) is 2.63. The van der Waals surface area contributed by atoms with Gasteiger partial charge in [-0.15, -0.1) is 0 Å². The molecule has 1 aromatic rings. The lowest BCUT2D eigenvalue weighted by atomic mass is 10.00. The third-order valence-corrected chi connectivity index (χ3v) is 1.61. The predicted molar refractivity (Wildman–Crippen MR) is 48.5 cm³/mol. The molecular weight excluding hydrogens is 192 g/mol. The fourth-order valence-electron chi connectivity index (χ4n) is 0.937. The Morgan fingerprint density at radius 2 is 1.71 bits per heavy atom. The van der Waals surface area contributed by atoms with Crippen molar-refractivity contribution in [3.63, 3.8) is 0 Å². The van der Waals surface area contributed by atoms with E-state index in [-0.39, 0.29) is 0 Å². The van der Waals surface area contributed by atoms with Crippen LogP contribution in [-0.2, 0) is 6.18 Å². The van der Waals surface area contributed by atoms with Crippen LogP contribution in [0.25, 0.3) is 6.08 Å². The zero-order valence-corrected chi connectivity index (χ0v) is 7.12. The molecule has 0 spiro atoms. The summed E-state index contributed by atoms with van der Waals surface area (Å²) in [5.41, 5.74) is -0.0778. The average molecular weight is 199 g/mol. The lowest BCUT2D eigenvalue weighted by Gasteiger charge is -2.05. The predicted octanol–water partition coefficient (Wildman–Crippen LogP) is 2.29. The topological polar surface area (TPSA) is 20.2 Å². The Morgan fingerprint density at radius 3 is 2.14 bits per heavy atom. The molecule has 5 heteroatoms. The lowest BCUT2D eigenvalue weighted by molar-refractivity contribution is -0.137. The largest absolute Gasteiger partial charge is 0.450 e. The summed E-state index contributed by atoms with van der Waals surface area (Å²) in [6, 6.07) is 4.67. The van der Waals surface area contributed by atoms with Crippen molar-refractivity contribution in [3.05, 3.63) is 41.4 Å². The molecule has 1 N–H and O–H groups in total. The second-order valence-corrected chi connectivity index (χ2v) is 2.63. The van der Waals surface area contributed by atoms with E-state index in [9.17, 15) is 13.2 Å². The highest BCUT2D eigenvalue weighted by molar-refractivity contribution is 6.33. The molecule has 0 aromatic heterocycles. The van der Waals surface area contributed by atoms with Gasteiger partial charge in [0.15, 0.2) is 0 Å². The summed E-state index contributed by atoms with van der Waals surface area (Å²) < 4.78 is 36.3. The molecule has 1 radical (unpaired) electrons. The Morgan fingerprint density at radius 1 is 1.14 bits per heavy atom. The first-order valence-electron chi connectivity index (χ1n) is 3.85. The molecule has 0 unspecified atom stereocenters. The van der Waals surface area contributed by atoms with Gasteiger partial charge in [0.2, 0.25) is 0 Å². The number of hydrogen-bond donors (Lipinski definition) is 1. The van der Waals surface area contributed by atoms with Crippen LogP contribution in [0.15, 0.2) is 30.2 Å². The van der Waals surface area contributed by atoms with Crippen molar-refractivity contribution in [2.45, 2.75) is 6.18 Å². The van der Waals surface area contributed by atoms with Crippen molar-refractivity contribution in [1.82, 2.24) is 0 Å². The van der Waals surface area contributed by atoms with Crippen LogP contribution >= 0.6 is 0 Å². The zero-order chi connectivity index (χ0) is 10.6. The number of halogens is 3. The molecule has 0 saturated carbocycles. The Hall–Kier alpha value is -1.23. The van der Waals surface area contributed by atoms with Crippen LogP contribution in [0.2, 0.25) is 0 Å². The van der Waals surface area contributed by atoms with Crippen molar-refractivity contribution in [1.29, 1.82) is 0 Å². The first-order valence-corrected chi connectivity index (χ1v) is 3.85. The maximum Gasteiger partial charge on any atom is 0.416 e. The average Bonchev–Trinajstić information content (AvgIpc) is 2.14. The minimum atomic E-state index is -4.30. The van der Waals surface area contributed by atoms with Crippen LogP contribution in [0.1, 0.15) is 11.1 Å². The molecule has 14 heavy (non-hydrogen) atoms. The van der Waals surface area contributed by atoms with Crippen molar-refractivity contribution < 1.29 is 18.2 Å². The van der Waals surface area contributed by atoms with E-state index >= 15 is 0 Å². The van der Waals surface area contributed by atoms with Gasteiger partial charge in [-0.2, -0.15) is 13.2 Å². The molecule has 0 atom stereocenters. The Kier molecular flexibility index (Phi) is 3.35. The first kappa shape index (κ1) is 10.9. The molecule has 1 rings (SSSR count). The van der Waals surface area contributed by atoms with Gasteiger partial charge in [0.05, 0.1) is 5.56 Å². The summed E-state index contributed by atoms with van der Waals surface area (Å²) in [7, 11) is 0.817. The van der Waals surface area contributed by atoms with E-state index in [4.69, 9.17) is 5.02 Å². The minimum Gasteiger partial charge on any atom is -0.450 e. The van der Waals surface area contributed by atoms with Crippen LogP contribution in [0, 0.1) is 0 Å². The van der Waals surface area contributed by atoms with Gasteiger partial charge >= 0.3 is 13.7 Å². The summed E-state index contributed by atoms with van der Waals surface area (Å²) in [6.07, 6.45) is -2.80. The summed E-state index contributed by atoms with van der Waals surface area (Å²) >= 11 is 0. The number of hydrogen-bond acceptors (Lipinski definition) is 1. The molecule has 0 aliphatic heterocycles. The van der Waals surface area contributed by atoms with E-state index in [0.717, 1.165) is 19.6 Å². The third-order valence-electron chi connectivity index (χ3n) is 1.61. The number of benzene rings is 1. The molecule has 0 amide bonds. The molecule has 0 fully saturated rings. The Balaban J connectivity index is 2.84. The molecule has 73 valence electrons. The number of alkyl halides is 3. The highest BCUT2D eigenvalue weighted by atomic mass is 19.4. The Labute approximate surface area is 80.1 Å². The van der Waals surface area contributed by atoms with Gasteiger partial charge < -0.3 is 5.02 Å².